The van der Waals surface area contributed by atoms with Crippen LogP contribution in [-0.4, -0.2) is 19.5 Å². The van der Waals surface area contributed by atoms with E-state index in [4.69, 9.17) is 0 Å². The quantitative estimate of drug-likeness (QED) is 0.742. The van der Waals surface area contributed by atoms with Crippen LogP contribution < -0.4 is 10.9 Å². The normalized spacial score (nSPS) is 15.1. The Morgan fingerprint density at radius 2 is 1.64 bits per heavy atom. The fourth-order valence-electron chi connectivity index (χ4n) is 2.83. The van der Waals surface area contributed by atoms with Crippen LogP contribution in [0, 0.1) is 0 Å². The van der Waals surface area contributed by atoms with Crippen molar-refractivity contribution >= 4 is 30.8 Å². The highest BCUT2D eigenvalue weighted by atomic mass is 35.5. The summed E-state index contributed by atoms with van der Waals surface area (Å²) >= 11 is 0. The molecule has 4 rings (SSSR count). The molecule has 0 aromatic carbocycles. The summed E-state index contributed by atoms with van der Waals surface area (Å²) in [5.41, 5.74) is 2.65. The smallest absolute Gasteiger partial charge is 0.255 e. The molecule has 0 fully saturated rings. The van der Waals surface area contributed by atoms with Crippen molar-refractivity contribution < 1.29 is 0 Å². The lowest BCUT2D eigenvalue weighted by atomic mass is 10.0. The molecule has 3 aromatic rings. The maximum Gasteiger partial charge on any atom is 0.255 e. The molecule has 0 aliphatic carbocycles. The highest BCUT2D eigenvalue weighted by Gasteiger charge is 2.21. The largest absolute Gasteiger partial charge is 0.349 e. The van der Waals surface area contributed by atoms with Crippen molar-refractivity contribution in [2.24, 2.45) is 0 Å². The lowest BCUT2D eigenvalue weighted by molar-refractivity contribution is 0.522. The Morgan fingerprint density at radius 1 is 1.00 bits per heavy atom. The van der Waals surface area contributed by atoms with E-state index in [1.807, 2.05) is 24.3 Å². The van der Waals surface area contributed by atoms with Crippen molar-refractivity contribution in [3.05, 3.63) is 71.0 Å². The third-order valence-electron chi connectivity index (χ3n) is 4.04. The van der Waals surface area contributed by atoms with Gasteiger partial charge in [0.25, 0.3) is 5.56 Å². The lowest BCUT2D eigenvalue weighted by Gasteiger charge is -2.27. The van der Waals surface area contributed by atoms with E-state index in [1.165, 1.54) is 0 Å². The fourth-order valence-corrected chi connectivity index (χ4v) is 2.83. The standard InChI is InChI=1S/C17H15N5O.2ClH/c23-16-11-15(13-3-8-19-9-4-13)21-17-20-14(5-10-22(16)17)12-1-6-18-7-2-12;;/h1-4,6-9,11,14H,5,10H2,(H,20,21);2*1H. The number of anilines is 1. The molecule has 1 aliphatic heterocycles. The van der Waals surface area contributed by atoms with Crippen molar-refractivity contribution in [1.29, 1.82) is 0 Å². The van der Waals surface area contributed by atoms with Crippen LogP contribution in [0.3, 0.4) is 0 Å². The summed E-state index contributed by atoms with van der Waals surface area (Å²) in [6.07, 6.45) is 7.79. The van der Waals surface area contributed by atoms with E-state index in [0.29, 0.717) is 18.2 Å². The Morgan fingerprint density at radius 3 is 2.32 bits per heavy atom. The summed E-state index contributed by atoms with van der Waals surface area (Å²) in [6, 6.07) is 9.38. The first-order valence-electron chi connectivity index (χ1n) is 7.50. The van der Waals surface area contributed by atoms with Crippen LogP contribution in [0.4, 0.5) is 5.95 Å². The van der Waals surface area contributed by atoms with Crippen LogP contribution in [0.15, 0.2) is 59.9 Å². The zero-order valence-corrected chi connectivity index (χ0v) is 14.8. The first-order chi connectivity index (χ1) is 11.3. The number of nitrogens with zero attached hydrogens (tertiary/aromatic N) is 4. The molecule has 1 N–H and O–H groups in total. The van der Waals surface area contributed by atoms with Gasteiger partial charge < -0.3 is 5.32 Å². The Bertz CT molecular complexity index is 887. The van der Waals surface area contributed by atoms with Crippen molar-refractivity contribution in [1.82, 2.24) is 19.5 Å². The van der Waals surface area contributed by atoms with Gasteiger partial charge in [-0.25, -0.2) is 4.98 Å². The summed E-state index contributed by atoms with van der Waals surface area (Å²) < 4.78 is 1.68. The number of hydrogen-bond donors (Lipinski definition) is 1. The van der Waals surface area contributed by atoms with E-state index < -0.39 is 0 Å². The first kappa shape index (κ1) is 18.9. The average Bonchev–Trinajstić information content (AvgIpc) is 2.63. The molecule has 1 aliphatic rings. The summed E-state index contributed by atoms with van der Waals surface area (Å²) in [6.45, 7) is 0.651. The fraction of sp³-hybridized carbons (Fsp3) is 0.176. The Kier molecular flexibility index (Phi) is 6.12. The molecule has 6 nitrogen and oxygen atoms in total. The average molecular weight is 378 g/mol. The third-order valence-corrected chi connectivity index (χ3v) is 4.04. The highest BCUT2D eigenvalue weighted by Crippen LogP contribution is 2.27. The van der Waals surface area contributed by atoms with Gasteiger partial charge in [-0.1, -0.05) is 0 Å². The molecule has 0 spiro atoms. The van der Waals surface area contributed by atoms with Gasteiger partial charge in [0.1, 0.15) is 0 Å². The predicted molar refractivity (Wildman–Crippen MR) is 101 cm³/mol. The number of nitrogens with one attached hydrogen (secondary N) is 1. The minimum Gasteiger partial charge on any atom is -0.349 e. The second-order valence-corrected chi connectivity index (χ2v) is 5.46. The molecule has 130 valence electrons. The van der Waals surface area contributed by atoms with Gasteiger partial charge in [0.05, 0.1) is 11.7 Å². The van der Waals surface area contributed by atoms with Gasteiger partial charge in [0.2, 0.25) is 5.95 Å². The van der Waals surface area contributed by atoms with Crippen molar-refractivity contribution in [2.45, 2.75) is 19.0 Å². The second-order valence-electron chi connectivity index (χ2n) is 5.46. The molecule has 8 heteroatoms. The Labute approximate surface area is 157 Å². The minimum atomic E-state index is -0.0394. The molecular formula is C17H17Cl2N5O. The summed E-state index contributed by atoms with van der Waals surface area (Å²) in [4.78, 5) is 25.0. The molecule has 0 amide bonds. The van der Waals surface area contributed by atoms with Crippen LogP contribution >= 0.6 is 24.8 Å². The van der Waals surface area contributed by atoms with Crippen LogP contribution in [0.2, 0.25) is 0 Å². The molecule has 0 bridgehead atoms. The number of hydrogen-bond acceptors (Lipinski definition) is 5. The molecule has 4 heterocycles. The molecular weight excluding hydrogens is 361 g/mol. The topological polar surface area (TPSA) is 72.7 Å². The number of rotatable bonds is 2. The molecule has 1 unspecified atom stereocenters. The van der Waals surface area contributed by atoms with Crippen LogP contribution in [0.25, 0.3) is 11.3 Å². The van der Waals surface area contributed by atoms with Gasteiger partial charge in [-0.05, 0) is 36.2 Å². The molecule has 1 atom stereocenters. The molecule has 0 saturated carbocycles. The van der Waals surface area contributed by atoms with Gasteiger partial charge in [-0.15, -0.1) is 24.8 Å². The lowest BCUT2D eigenvalue weighted by Crippen LogP contribution is -2.31. The summed E-state index contributed by atoms with van der Waals surface area (Å²) in [5.74, 6) is 0.609. The highest BCUT2D eigenvalue weighted by molar-refractivity contribution is 5.85. The minimum absolute atomic E-state index is 0. The van der Waals surface area contributed by atoms with Crippen LogP contribution in [0.1, 0.15) is 18.0 Å². The zero-order valence-electron chi connectivity index (χ0n) is 13.2. The van der Waals surface area contributed by atoms with E-state index in [-0.39, 0.29) is 36.4 Å². The number of halogens is 2. The van der Waals surface area contributed by atoms with E-state index in [0.717, 1.165) is 17.5 Å². The van der Waals surface area contributed by atoms with E-state index in [1.54, 1.807) is 35.4 Å². The third kappa shape index (κ3) is 3.81. The molecule has 3 aromatic heterocycles. The molecule has 25 heavy (non-hydrogen) atoms. The second kappa shape index (κ2) is 8.09. The number of pyridine rings is 2. The summed E-state index contributed by atoms with van der Waals surface area (Å²) in [5, 5.41) is 3.37. The predicted octanol–water partition coefficient (Wildman–Crippen LogP) is 3.10. The van der Waals surface area contributed by atoms with Crippen molar-refractivity contribution in [3.63, 3.8) is 0 Å². The van der Waals surface area contributed by atoms with E-state index in [2.05, 4.69) is 20.3 Å². The number of aromatic nitrogens is 4. The van der Waals surface area contributed by atoms with Gasteiger partial charge in [-0.2, -0.15) is 0 Å². The van der Waals surface area contributed by atoms with Gasteiger partial charge in [0, 0.05) is 43.0 Å². The summed E-state index contributed by atoms with van der Waals surface area (Å²) in [7, 11) is 0. The van der Waals surface area contributed by atoms with Crippen LogP contribution in [-0.2, 0) is 6.54 Å². The van der Waals surface area contributed by atoms with Gasteiger partial charge in [0.15, 0.2) is 0 Å². The monoisotopic (exact) mass is 377 g/mol. The Balaban J connectivity index is 0.00000113. The van der Waals surface area contributed by atoms with E-state index >= 15 is 0 Å². The first-order valence-corrected chi connectivity index (χ1v) is 7.50. The van der Waals surface area contributed by atoms with Gasteiger partial charge in [-0.3, -0.25) is 19.3 Å². The van der Waals surface area contributed by atoms with Crippen molar-refractivity contribution in [3.8, 4) is 11.3 Å². The zero-order chi connectivity index (χ0) is 15.6. The maximum atomic E-state index is 12.4. The van der Waals surface area contributed by atoms with E-state index in [9.17, 15) is 4.79 Å². The Hall–Kier alpha value is -2.44. The van der Waals surface area contributed by atoms with Crippen LogP contribution in [0.5, 0.6) is 0 Å². The van der Waals surface area contributed by atoms with Gasteiger partial charge >= 0.3 is 0 Å². The molecule has 0 saturated heterocycles. The maximum absolute atomic E-state index is 12.4. The molecule has 0 radical (unpaired) electrons. The SMILES string of the molecule is Cl.Cl.O=c1cc(-c2ccncc2)nc2n1CCC(c1ccncc1)N2. The van der Waals surface area contributed by atoms with Crippen molar-refractivity contribution in [2.75, 3.05) is 5.32 Å². The number of fused-ring (bicyclic) bond motifs is 1.